The molecule has 0 rings (SSSR count). The molecule has 0 aliphatic heterocycles. The third-order valence-corrected chi connectivity index (χ3v) is 12.3. The van der Waals surface area contributed by atoms with E-state index in [2.05, 4.69) is 74.7 Å². The molecule has 62 heavy (non-hydrogen) atoms. The molecule has 0 spiro atoms. The molecule has 0 aromatic rings. The number of allylic oxidation sites excluding steroid dienone is 8. The van der Waals surface area contributed by atoms with E-state index in [-0.39, 0.29) is 24.9 Å². The van der Waals surface area contributed by atoms with Gasteiger partial charge in [-0.1, -0.05) is 256 Å². The van der Waals surface area contributed by atoms with Gasteiger partial charge in [-0.3, -0.25) is 9.59 Å². The number of amides is 1. The van der Waals surface area contributed by atoms with E-state index in [1.165, 1.54) is 154 Å². The van der Waals surface area contributed by atoms with Crippen LogP contribution in [0.5, 0.6) is 0 Å². The standard InChI is InChI=1S/C56H103NO5/c1-4-7-10-13-16-19-22-24-26-28-30-33-35-38-41-44-47-52(62-56(61)49-46-43-40-37-34-31-29-27-25-23-20-17-14-11-8-5-2)50-55(60)57-53(51-58)54(59)48-45-42-39-36-32-21-18-15-12-9-6-3/h16,19,22,24,26,28,30,33,52-54,58-59H,4-15,17-18,20-21,23,25,27,29,31-32,34-51H2,1-3H3,(H,57,60)/b19-16+,24-22+,28-26+,33-30+. The molecule has 6 heteroatoms. The molecule has 0 saturated heterocycles. The molecule has 0 bridgehead atoms. The second-order valence-electron chi connectivity index (χ2n) is 18.4. The molecule has 0 aliphatic rings. The molecule has 1 amide bonds. The second-order valence-corrected chi connectivity index (χ2v) is 18.4. The van der Waals surface area contributed by atoms with Gasteiger partial charge in [-0.05, 0) is 51.4 Å². The maximum atomic E-state index is 13.2. The highest BCUT2D eigenvalue weighted by molar-refractivity contribution is 5.77. The van der Waals surface area contributed by atoms with Crippen molar-refractivity contribution in [2.75, 3.05) is 6.61 Å². The zero-order valence-electron chi connectivity index (χ0n) is 41.3. The Bertz CT molecular complexity index is 1070. The summed E-state index contributed by atoms with van der Waals surface area (Å²) in [6, 6.07) is -0.713. The Morgan fingerprint density at radius 2 is 0.823 bits per heavy atom. The fraction of sp³-hybridized carbons (Fsp3) is 0.821. The Hall–Kier alpha value is -2.18. The van der Waals surface area contributed by atoms with Crippen LogP contribution in [0.4, 0.5) is 0 Å². The van der Waals surface area contributed by atoms with Crippen molar-refractivity contribution in [2.45, 2.75) is 289 Å². The van der Waals surface area contributed by atoms with E-state index in [4.69, 9.17) is 4.74 Å². The van der Waals surface area contributed by atoms with Gasteiger partial charge in [-0.15, -0.1) is 0 Å². The summed E-state index contributed by atoms with van der Waals surface area (Å²) in [4.78, 5) is 26.2. The summed E-state index contributed by atoms with van der Waals surface area (Å²) >= 11 is 0. The van der Waals surface area contributed by atoms with Crippen molar-refractivity contribution < 1.29 is 24.5 Å². The van der Waals surface area contributed by atoms with Gasteiger partial charge in [0.15, 0.2) is 0 Å². The van der Waals surface area contributed by atoms with Crippen LogP contribution >= 0.6 is 0 Å². The number of aliphatic hydroxyl groups excluding tert-OH is 2. The number of hydrogen-bond donors (Lipinski definition) is 3. The van der Waals surface area contributed by atoms with Gasteiger partial charge in [0.25, 0.3) is 0 Å². The summed E-state index contributed by atoms with van der Waals surface area (Å²) in [5.41, 5.74) is 0. The number of unbranched alkanes of at least 4 members (excludes halogenated alkanes) is 31. The van der Waals surface area contributed by atoms with E-state index in [9.17, 15) is 19.8 Å². The van der Waals surface area contributed by atoms with Crippen molar-refractivity contribution in [3.63, 3.8) is 0 Å². The predicted octanol–water partition coefficient (Wildman–Crippen LogP) is 16.2. The van der Waals surface area contributed by atoms with Crippen molar-refractivity contribution in [3.05, 3.63) is 48.6 Å². The smallest absolute Gasteiger partial charge is 0.306 e. The van der Waals surface area contributed by atoms with Gasteiger partial charge in [0, 0.05) is 6.42 Å². The summed E-state index contributed by atoms with van der Waals surface area (Å²) in [6.07, 6.45) is 60.2. The van der Waals surface area contributed by atoms with Crippen molar-refractivity contribution in [2.24, 2.45) is 0 Å². The fourth-order valence-electron chi connectivity index (χ4n) is 8.15. The van der Waals surface area contributed by atoms with E-state index in [1.54, 1.807) is 0 Å². The lowest BCUT2D eigenvalue weighted by atomic mass is 10.0. The van der Waals surface area contributed by atoms with E-state index >= 15 is 0 Å². The average Bonchev–Trinajstić information content (AvgIpc) is 3.26. The van der Waals surface area contributed by atoms with Gasteiger partial charge in [-0.2, -0.15) is 0 Å². The molecule has 0 fully saturated rings. The number of nitrogens with one attached hydrogen (secondary N) is 1. The minimum Gasteiger partial charge on any atom is -0.462 e. The van der Waals surface area contributed by atoms with Crippen LogP contribution < -0.4 is 5.32 Å². The molecule has 362 valence electrons. The van der Waals surface area contributed by atoms with Gasteiger partial charge in [0.05, 0.1) is 25.2 Å². The molecule has 0 aliphatic carbocycles. The SMILES string of the molecule is CCCCC/C=C/C=C/C=C/C=C/CCCCCC(CC(=O)NC(CO)C(O)CCCCCCCCCCCCC)OC(=O)CCCCCCCCCCCCCCCCCC. The Morgan fingerprint density at radius 3 is 1.27 bits per heavy atom. The van der Waals surface area contributed by atoms with E-state index in [0.717, 1.165) is 70.6 Å². The highest BCUT2D eigenvalue weighted by Crippen LogP contribution is 2.18. The highest BCUT2D eigenvalue weighted by Gasteiger charge is 2.24. The van der Waals surface area contributed by atoms with E-state index < -0.39 is 18.2 Å². The molecule has 3 atom stereocenters. The molecular formula is C56H103NO5. The minimum absolute atomic E-state index is 0.0541. The fourth-order valence-corrected chi connectivity index (χ4v) is 8.15. The number of aliphatic hydroxyl groups is 2. The molecule has 3 unspecified atom stereocenters. The lowest BCUT2D eigenvalue weighted by molar-refractivity contribution is -0.151. The Kier molecular flexibility index (Phi) is 48.1. The third-order valence-electron chi connectivity index (χ3n) is 12.3. The summed E-state index contributed by atoms with van der Waals surface area (Å²) in [6.45, 7) is 6.44. The first-order valence-electron chi connectivity index (χ1n) is 26.9. The normalized spacial score (nSPS) is 13.6. The third kappa shape index (κ3) is 44.4. The highest BCUT2D eigenvalue weighted by atomic mass is 16.5. The number of rotatable bonds is 48. The van der Waals surface area contributed by atoms with Gasteiger partial charge in [0.2, 0.25) is 5.91 Å². The van der Waals surface area contributed by atoms with E-state index in [1.807, 2.05) is 0 Å². The summed E-state index contributed by atoms with van der Waals surface area (Å²) < 4.78 is 5.93. The molecule has 0 saturated carbocycles. The number of hydrogen-bond acceptors (Lipinski definition) is 5. The molecule has 0 heterocycles. The van der Waals surface area contributed by atoms with Crippen LogP contribution in [0.15, 0.2) is 48.6 Å². The van der Waals surface area contributed by atoms with Crippen LogP contribution in [-0.4, -0.2) is 46.9 Å². The topological polar surface area (TPSA) is 95.9 Å². The zero-order chi connectivity index (χ0) is 45.2. The maximum absolute atomic E-state index is 13.2. The number of esters is 1. The van der Waals surface area contributed by atoms with Crippen molar-refractivity contribution >= 4 is 11.9 Å². The number of carbonyl (C=O) groups excluding carboxylic acids is 2. The number of ether oxygens (including phenoxy) is 1. The van der Waals surface area contributed by atoms with E-state index in [0.29, 0.717) is 19.3 Å². The van der Waals surface area contributed by atoms with Crippen LogP contribution in [0, 0.1) is 0 Å². The van der Waals surface area contributed by atoms with Crippen LogP contribution in [0.1, 0.15) is 271 Å². The summed E-state index contributed by atoms with van der Waals surface area (Å²) in [5, 5.41) is 23.8. The Morgan fingerprint density at radius 1 is 0.468 bits per heavy atom. The van der Waals surface area contributed by atoms with Crippen LogP contribution in [-0.2, 0) is 14.3 Å². The molecular weight excluding hydrogens is 767 g/mol. The second kappa shape index (κ2) is 49.8. The number of carbonyl (C=O) groups is 2. The molecule has 3 N–H and O–H groups in total. The summed E-state index contributed by atoms with van der Waals surface area (Å²) in [7, 11) is 0. The predicted molar refractivity (Wildman–Crippen MR) is 269 cm³/mol. The lowest BCUT2D eigenvalue weighted by Crippen LogP contribution is -2.46. The Labute approximate surface area is 385 Å². The zero-order valence-corrected chi connectivity index (χ0v) is 41.3. The Balaban J connectivity index is 4.64. The van der Waals surface area contributed by atoms with Crippen LogP contribution in [0.25, 0.3) is 0 Å². The monoisotopic (exact) mass is 870 g/mol. The molecule has 0 aromatic heterocycles. The molecule has 0 radical (unpaired) electrons. The van der Waals surface area contributed by atoms with Crippen LogP contribution in [0.2, 0.25) is 0 Å². The molecule has 6 nitrogen and oxygen atoms in total. The van der Waals surface area contributed by atoms with Gasteiger partial charge >= 0.3 is 5.97 Å². The first kappa shape index (κ1) is 59.8. The van der Waals surface area contributed by atoms with Crippen LogP contribution in [0.3, 0.4) is 0 Å². The van der Waals surface area contributed by atoms with Gasteiger partial charge < -0.3 is 20.3 Å². The van der Waals surface area contributed by atoms with Crippen molar-refractivity contribution in [1.29, 1.82) is 0 Å². The first-order chi connectivity index (χ1) is 30.5. The summed E-state index contributed by atoms with van der Waals surface area (Å²) in [5.74, 6) is -0.503. The first-order valence-corrected chi connectivity index (χ1v) is 26.9. The maximum Gasteiger partial charge on any atom is 0.306 e. The molecule has 0 aromatic carbocycles. The largest absolute Gasteiger partial charge is 0.462 e. The minimum atomic E-state index is -0.797. The van der Waals surface area contributed by atoms with Gasteiger partial charge in [0.1, 0.15) is 6.10 Å². The quantitative estimate of drug-likeness (QED) is 0.0322. The van der Waals surface area contributed by atoms with Crippen molar-refractivity contribution in [1.82, 2.24) is 5.32 Å². The van der Waals surface area contributed by atoms with Gasteiger partial charge in [-0.25, -0.2) is 0 Å². The lowest BCUT2D eigenvalue weighted by Gasteiger charge is -2.24. The average molecular weight is 870 g/mol. The van der Waals surface area contributed by atoms with Crippen molar-refractivity contribution in [3.8, 4) is 0 Å².